The summed E-state index contributed by atoms with van der Waals surface area (Å²) in [4.78, 5) is 22.1. The van der Waals surface area contributed by atoms with Crippen molar-refractivity contribution >= 4 is 11.8 Å². The Kier molecular flexibility index (Phi) is 16.5. The van der Waals surface area contributed by atoms with Gasteiger partial charge < -0.3 is 11.1 Å². The summed E-state index contributed by atoms with van der Waals surface area (Å²) in [6, 6.07) is 0. The number of rotatable bonds is 17. The molecule has 0 aromatic rings. The molecule has 0 aromatic carbocycles. The van der Waals surface area contributed by atoms with E-state index >= 15 is 0 Å². The average Bonchev–Trinajstić information content (AvgIpc) is 2.51. The minimum atomic E-state index is -0.177. The topological polar surface area (TPSA) is 72.2 Å². The molecule has 0 aromatic heterocycles. The molecule has 4 nitrogen and oxygen atoms in total. The van der Waals surface area contributed by atoms with Crippen molar-refractivity contribution in [2.24, 2.45) is 5.73 Å². The second kappa shape index (κ2) is 17.3. The smallest absolute Gasteiger partial charge is 0.219 e. The third kappa shape index (κ3) is 18.9. The van der Waals surface area contributed by atoms with Crippen molar-refractivity contribution in [3.63, 3.8) is 0 Å². The molecule has 0 bridgehead atoms. The number of hydrogen-bond acceptors (Lipinski definition) is 2. The van der Waals surface area contributed by atoms with Gasteiger partial charge in [0.2, 0.25) is 11.8 Å². The fourth-order valence-corrected chi connectivity index (χ4v) is 2.67. The highest BCUT2D eigenvalue weighted by Gasteiger charge is 2.00. The molecule has 0 atom stereocenters. The van der Waals surface area contributed by atoms with E-state index in [9.17, 15) is 9.59 Å². The van der Waals surface area contributed by atoms with E-state index in [4.69, 9.17) is 5.73 Å². The minimum Gasteiger partial charge on any atom is -0.370 e. The highest BCUT2D eigenvalue weighted by Crippen LogP contribution is 2.12. The Bertz CT molecular complexity index is 293. The molecule has 0 saturated heterocycles. The molecule has 0 rings (SSSR count). The number of unbranched alkanes of at least 4 members (excludes halogenated alkanes) is 11. The Morgan fingerprint density at radius 2 is 1.13 bits per heavy atom. The van der Waals surface area contributed by atoms with E-state index in [-0.39, 0.29) is 11.8 Å². The lowest BCUT2D eigenvalue weighted by Gasteiger charge is -2.04. The van der Waals surface area contributed by atoms with E-state index in [1.165, 1.54) is 51.4 Å². The SMILES string of the molecule is CCCCNC(=O)CCCCCCCCCCCCCC(N)=O. The quantitative estimate of drug-likeness (QED) is 0.387. The molecule has 0 aliphatic carbocycles. The van der Waals surface area contributed by atoms with Crippen LogP contribution in [0.15, 0.2) is 0 Å². The lowest BCUT2D eigenvalue weighted by atomic mass is 10.0. The van der Waals surface area contributed by atoms with Crippen LogP contribution in [0, 0.1) is 0 Å². The van der Waals surface area contributed by atoms with Crippen LogP contribution < -0.4 is 11.1 Å². The largest absolute Gasteiger partial charge is 0.370 e. The van der Waals surface area contributed by atoms with Crippen LogP contribution in [-0.4, -0.2) is 18.4 Å². The predicted molar refractivity (Wildman–Crippen MR) is 97.1 cm³/mol. The maximum absolute atomic E-state index is 11.5. The van der Waals surface area contributed by atoms with Gasteiger partial charge in [-0.25, -0.2) is 0 Å². The van der Waals surface area contributed by atoms with E-state index in [0.29, 0.717) is 12.8 Å². The van der Waals surface area contributed by atoms with E-state index in [2.05, 4.69) is 12.2 Å². The second-order valence-corrected chi connectivity index (χ2v) is 6.56. The summed E-state index contributed by atoms with van der Waals surface area (Å²) in [5, 5.41) is 2.96. The molecule has 0 unspecified atom stereocenters. The van der Waals surface area contributed by atoms with E-state index in [1.807, 2.05) is 0 Å². The van der Waals surface area contributed by atoms with Crippen LogP contribution in [0.2, 0.25) is 0 Å². The normalized spacial score (nSPS) is 10.7. The van der Waals surface area contributed by atoms with Crippen molar-refractivity contribution in [1.29, 1.82) is 0 Å². The molecule has 136 valence electrons. The fourth-order valence-electron chi connectivity index (χ4n) is 2.67. The summed E-state index contributed by atoms with van der Waals surface area (Å²) in [5.74, 6) is 0.0400. The third-order valence-electron chi connectivity index (χ3n) is 4.18. The van der Waals surface area contributed by atoms with Gasteiger partial charge in [0, 0.05) is 19.4 Å². The van der Waals surface area contributed by atoms with Crippen molar-refractivity contribution in [1.82, 2.24) is 5.32 Å². The molecule has 0 aliphatic rings. The molecule has 0 radical (unpaired) electrons. The summed E-state index contributed by atoms with van der Waals surface area (Å²) < 4.78 is 0. The highest BCUT2D eigenvalue weighted by molar-refractivity contribution is 5.75. The number of carbonyl (C=O) groups is 2. The average molecular weight is 327 g/mol. The van der Waals surface area contributed by atoms with Gasteiger partial charge in [-0.3, -0.25) is 9.59 Å². The first-order chi connectivity index (χ1) is 11.2. The van der Waals surface area contributed by atoms with Crippen molar-refractivity contribution in [2.45, 2.75) is 103 Å². The van der Waals surface area contributed by atoms with Crippen molar-refractivity contribution < 1.29 is 9.59 Å². The number of nitrogens with two attached hydrogens (primary N) is 1. The molecule has 0 spiro atoms. The van der Waals surface area contributed by atoms with Crippen LogP contribution in [0.25, 0.3) is 0 Å². The molecule has 0 fully saturated rings. The van der Waals surface area contributed by atoms with Gasteiger partial charge in [0.25, 0.3) is 0 Å². The lowest BCUT2D eigenvalue weighted by Crippen LogP contribution is -2.23. The predicted octanol–water partition coefficient (Wildman–Crippen LogP) is 4.46. The molecule has 2 amide bonds. The summed E-state index contributed by atoms with van der Waals surface area (Å²) >= 11 is 0. The van der Waals surface area contributed by atoms with Gasteiger partial charge >= 0.3 is 0 Å². The number of amides is 2. The Labute approximate surface area is 143 Å². The first-order valence-corrected chi connectivity index (χ1v) is 9.71. The fraction of sp³-hybridized carbons (Fsp3) is 0.895. The summed E-state index contributed by atoms with van der Waals surface area (Å²) in [6.07, 6.45) is 16.7. The Balaban J connectivity index is 3.10. The number of nitrogens with one attached hydrogen (secondary N) is 1. The summed E-state index contributed by atoms with van der Waals surface area (Å²) in [7, 11) is 0. The molecular weight excluding hydrogens is 288 g/mol. The Morgan fingerprint density at radius 3 is 1.57 bits per heavy atom. The van der Waals surface area contributed by atoms with Gasteiger partial charge in [-0.15, -0.1) is 0 Å². The van der Waals surface area contributed by atoms with Crippen LogP contribution in [0.5, 0.6) is 0 Å². The van der Waals surface area contributed by atoms with Crippen LogP contribution in [-0.2, 0) is 9.59 Å². The maximum Gasteiger partial charge on any atom is 0.219 e. The zero-order valence-corrected chi connectivity index (χ0v) is 15.2. The van der Waals surface area contributed by atoms with Crippen LogP contribution in [0.3, 0.4) is 0 Å². The summed E-state index contributed by atoms with van der Waals surface area (Å²) in [6.45, 7) is 2.97. The monoisotopic (exact) mass is 326 g/mol. The van der Waals surface area contributed by atoms with Crippen LogP contribution in [0.4, 0.5) is 0 Å². The highest BCUT2D eigenvalue weighted by atomic mass is 16.1. The molecule has 23 heavy (non-hydrogen) atoms. The van der Waals surface area contributed by atoms with Crippen LogP contribution in [0.1, 0.15) is 103 Å². The lowest BCUT2D eigenvalue weighted by molar-refractivity contribution is -0.121. The van der Waals surface area contributed by atoms with Crippen molar-refractivity contribution in [3.05, 3.63) is 0 Å². The zero-order chi connectivity index (χ0) is 17.2. The molecular formula is C19H38N2O2. The van der Waals surface area contributed by atoms with Gasteiger partial charge in [0.1, 0.15) is 0 Å². The van der Waals surface area contributed by atoms with Gasteiger partial charge in [-0.2, -0.15) is 0 Å². The first-order valence-electron chi connectivity index (χ1n) is 9.71. The number of hydrogen-bond donors (Lipinski definition) is 2. The van der Waals surface area contributed by atoms with Gasteiger partial charge in [0.15, 0.2) is 0 Å². The van der Waals surface area contributed by atoms with Crippen molar-refractivity contribution in [2.75, 3.05) is 6.54 Å². The first kappa shape index (κ1) is 21.9. The Morgan fingerprint density at radius 1 is 0.696 bits per heavy atom. The molecule has 4 heteroatoms. The third-order valence-corrected chi connectivity index (χ3v) is 4.18. The molecule has 0 aliphatic heterocycles. The summed E-state index contributed by atoms with van der Waals surface area (Å²) in [5.41, 5.74) is 5.11. The van der Waals surface area contributed by atoms with Gasteiger partial charge in [0.05, 0.1) is 0 Å². The standard InChI is InChI=1S/C19H38N2O2/c1-2-3-17-21-19(23)16-14-12-10-8-6-4-5-7-9-11-13-15-18(20)22/h2-17H2,1H3,(H2,20,22)(H,21,23). The van der Waals surface area contributed by atoms with E-state index < -0.39 is 0 Å². The van der Waals surface area contributed by atoms with Crippen molar-refractivity contribution in [3.8, 4) is 0 Å². The maximum atomic E-state index is 11.5. The zero-order valence-electron chi connectivity index (χ0n) is 15.2. The van der Waals surface area contributed by atoms with E-state index in [1.54, 1.807) is 0 Å². The van der Waals surface area contributed by atoms with Gasteiger partial charge in [-0.05, 0) is 19.3 Å². The van der Waals surface area contributed by atoms with E-state index in [0.717, 1.165) is 38.6 Å². The Hall–Kier alpha value is -1.06. The molecule has 3 N–H and O–H groups in total. The minimum absolute atomic E-state index is 0.177. The van der Waals surface area contributed by atoms with Crippen LogP contribution >= 0.6 is 0 Å². The van der Waals surface area contributed by atoms with Gasteiger partial charge in [-0.1, -0.05) is 71.1 Å². The second-order valence-electron chi connectivity index (χ2n) is 6.56. The molecule has 0 heterocycles. The number of carbonyl (C=O) groups excluding carboxylic acids is 2. The molecule has 0 saturated carbocycles. The number of primary amides is 1.